The standard InChI is InChI=1S/C26H22Cl2FN5O4S.H2O4S/c27-20-10-5-17(13-21(20)28)23-22(33-26(31)34-24(23)30)14-38-18-6-1-15(2-7-18)11-12-32-25(35)16-3-8-19(9-4-16)39(29,36)37;1-5(2,3)4/h1-10,13H,11-12,14H2,(H,32,35)(H4,30,31,33,34);(H2,1,2,3,4). The van der Waals surface area contributed by atoms with Crippen molar-refractivity contribution < 1.29 is 39.4 Å². The molecule has 0 saturated carbocycles. The summed E-state index contributed by atoms with van der Waals surface area (Å²) in [4.78, 5) is 20.1. The summed E-state index contributed by atoms with van der Waals surface area (Å²) in [7, 11) is -9.48. The Kier molecular flexibility index (Phi) is 11.4. The second-order valence-electron chi connectivity index (χ2n) is 8.77. The predicted molar refractivity (Wildman–Crippen MR) is 162 cm³/mol. The first-order valence-corrected chi connectivity index (χ1v) is 15.7. The Bertz CT molecular complexity index is 1860. The Labute approximate surface area is 261 Å². The van der Waals surface area contributed by atoms with Crippen LogP contribution in [0.2, 0.25) is 10.0 Å². The fraction of sp³-hybridized carbons (Fsp3) is 0.115. The van der Waals surface area contributed by atoms with Crippen molar-refractivity contribution in [1.82, 2.24) is 15.3 Å². The fourth-order valence-corrected chi connectivity index (χ4v) is 4.47. The first kappa shape index (κ1) is 34.4. The number of rotatable bonds is 9. The molecule has 1 aromatic heterocycles. The molecule has 234 valence electrons. The lowest BCUT2D eigenvalue weighted by Crippen LogP contribution is -2.25. The van der Waals surface area contributed by atoms with Crippen molar-refractivity contribution in [2.24, 2.45) is 0 Å². The summed E-state index contributed by atoms with van der Waals surface area (Å²) in [6.45, 7) is 0.388. The van der Waals surface area contributed by atoms with Gasteiger partial charge < -0.3 is 21.5 Å². The molecule has 0 spiro atoms. The van der Waals surface area contributed by atoms with Crippen LogP contribution in [0.3, 0.4) is 0 Å². The molecule has 0 fully saturated rings. The lowest BCUT2D eigenvalue weighted by Gasteiger charge is -2.14. The van der Waals surface area contributed by atoms with E-state index in [0.29, 0.717) is 45.6 Å². The average molecular weight is 689 g/mol. The van der Waals surface area contributed by atoms with Crippen molar-refractivity contribution in [2.45, 2.75) is 17.9 Å². The number of benzene rings is 3. The van der Waals surface area contributed by atoms with Crippen LogP contribution in [0.4, 0.5) is 15.7 Å². The summed E-state index contributed by atoms with van der Waals surface area (Å²) in [5, 5.41) is 3.49. The van der Waals surface area contributed by atoms with E-state index in [0.717, 1.165) is 17.7 Å². The van der Waals surface area contributed by atoms with Gasteiger partial charge in [-0.05, 0) is 66.1 Å². The average Bonchev–Trinajstić information content (AvgIpc) is 2.92. The molecule has 4 aromatic rings. The maximum absolute atomic E-state index is 13.0. The number of halogens is 3. The van der Waals surface area contributed by atoms with Crippen LogP contribution in [0.5, 0.6) is 5.75 Å². The van der Waals surface area contributed by atoms with E-state index in [1.165, 1.54) is 12.1 Å². The molecule has 0 aliphatic rings. The maximum Gasteiger partial charge on any atom is 0.394 e. The molecule has 4 rings (SSSR count). The Hall–Kier alpha value is -4.06. The summed E-state index contributed by atoms with van der Waals surface area (Å²) in [6.07, 6.45) is 0.531. The van der Waals surface area contributed by atoms with E-state index < -0.39 is 31.4 Å². The lowest BCUT2D eigenvalue weighted by molar-refractivity contribution is 0.0954. The van der Waals surface area contributed by atoms with Crippen LogP contribution in [-0.2, 0) is 33.6 Å². The highest BCUT2D eigenvalue weighted by Crippen LogP contribution is 2.33. The van der Waals surface area contributed by atoms with Crippen molar-refractivity contribution in [3.05, 3.63) is 93.6 Å². The first-order valence-electron chi connectivity index (χ1n) is 12.1. The number of nitrogens with zero attached hydrogens (tertiary/aromatic N) is 2. The number of ether oxygens (including phenoxy) is 1. The van der Waals surface area contributed by atoms with Gasteiger partial charge in [-0.1, -0.05) is 41.4 Å². The smallest absolute Gasteiger partial charge is 0.394 e. The van der Waals surface area contributed by atoms with Gasteiger partial charge in [0.05, 0.1) is 20.6 Å². The zero-order valence-corrected chi connectivity index (χ0v) is 25.5. The van der Waals surface area contributed by atoms with Gasteiger partial charge in [0.1, 0.15) is 18.2 Å². The van der Waals surface area contributed by atoms with Gasteiger partial charge in [-0.25, -0.2) is 4.98 Å². The number of aromatic nitrogens is 2. The number of anilines is 2. The number of nitrogens with two attached hydrogens (primary N) is 2. The fourth-order valence-electron chi connectivity index (χ4n) is 3.71. The molecule has 0 atom stereocenters. The summed E-state index contributed by atoms with van der Waals surface area (Å²) in [5.41, 5.74) is 14.8. The summed E-state index contributed by atoms with van der Waals surface area (Å²) < 4.78 is 72.3. The van der Waals surface area contributed by atoms with Crippen LogP contribution in [0, 0.1) is 0 Å². The number of amides is 1. The zero-order valence-electron chi connectivity index (χ0n) is 22.3. The topological polar surface area (TPSA) is 225 Å². The quantitative estimate of drug-likeness (QED) is 0.123. The van der Waals surface area contributed by atoms with Crippen molar-refractivity contribution in [3.63, 3.8) is 0 Å². The van der Waals surface area contributed by atoms with Gasteiger partial charge in [0.15, 0.2) is 0 Å². The Morgan fingerprint density at radius 3 is 2.09 bits per heavy atom. The zero-order chi connectivity index (χ0) is 32.7. The van der Waals surface area contributed by atoms with Crippen LogP contribution in [0.15, 0.2) is 71.6 Å². The highest BCUT2D eigenvalue weighted by Gasteiger charge is 2.16. The molecule has 3 aromatic carbocycles. The number of hydrogen-bond acceptors (Lipinski definition) is 10. The van der Waals surface area contributed by atoms with Gasteiger partial charge in [-0.3, -0.25) is 13.9 Å². The van der Waals surface area contributed by atoms with E-state index in [2.05, 4.69) is 15.3 Å². The van der Waals surface area contributed by atoms with Gasteiger partial charge >= 0.3 is 20.6 Å². The normalized spacial score (nSPS) is 11.3. The summed E-state index contributed by atoms with van der Waals surface area (Å²) in [6, 6.07) is 16.9. The third-order valence-electron chi connectivity index (χ3n) is 5.63. The monoisotopic (exact) mass is 687 g/mol. The van der Waals surface area contributed by atoms with Crippen LogP contribution in [0.1, 0.15) is 21.6 Å². The third kappa shape index (κ3) is 10.6. The maximum atomic E-state index is 13.0. The minimum Gasteiger partial charge on any atom is -0.487 e. The van der Waals surface area contributed by atoms with Crippen molar-refractivity contribution in [3.8, 4) is 16.9 Å². The molecule has 0 unspecified atom stereocenters. The number of carbonyl (C=O) groups is 1. The SMILES string of the molecule is Nc1nc(N)c(-c2ccc(Cl)c(Cl)c2)c(COc2ccc(CCNC(=O)c3ccc(S(=O)(=O)F)cc3)cc2)n1.O=S(=O)(O)O. The number of carbonyl (C=O) groups excluding carboxylic acids is 1. The van der Waals surface area contributed by atoms with Crippen molar-refractivity contribution >= 4 is 61.5 Å². The molecule has 0 saturated heterocycles. The first-order chi connectivity index (χ1) is 20.5. The van der Waals surface area contributed by atoms with Crippen molar-refractivity contribution in [1.29, 1.82) is 0 Å². The van der Waals surface area contributed by atoms with Crippen molar-refractivity contribution in [2.75, 3.05) is 18.0 Å². The van der Waals surface area contributed by atoms with E-state index in [1.54, 1.807) is 30.3 Å². The Morgan fingerprint density at radius 2 is 1.52 bits per heavy atom. The van der Waals surface area contributed by atoms with Gasteiger partial charge in [-0.15, -0.1) is 3.89 Å². The molecule has 44 heavy (non-hydrogen) atoms. The summed E-state index contributed by atoms with van der Waals surface area (Å²) in [5.74, 6) is 0.358. The molecule has 0 bridgehead atoms. The number of hydrogen-bond donors (Lipinski definition) is 5. The van der Waals surface area contributed by atoms with E-state index in [4.69, 9.17) is 56.9 Å². The highest BCUT2D eigenvalue weighted by molar-refractivity contribution is 7.86. The predicted octanol–water partition coefficient (Wildman–Crippen LogP) is 4.17. The van der Waals surface area contributed by atoms with Gasteiger partial charge in [0.25, 0.3) is 5.91 Å². The molecule has 0 aliphatic carbocycles. The largest absolute Gasteiger partial charge is 0.487 e. The van der Waals surface area contributed by atoms with Gasteiger partial charge in [0, 0.05) is 17.7 Å². The molecule has 0 aliphatic heterocycles. The second kappa shape index (κ2) is 14.6. The van der Waals surface area contributed by atoms with E-state index in [1.807, 2.05) is 12.1 Å². The van der Waals surface area contributed by atoms with Crippen LogP contribution in [0.25, 0.3) is 11.1 Å². The molecule has 18 heteroatoms. The van der Waals surface area contributed by atoms with Crippen LogP contribution in [-0.4, -0.2) is 48.4 Å². The third-order valence-corrected chi connectivity index (χ3v) is 7.21. The summed E-state index contributed by atoms with van der Waals surface area (Å²) >= 11 is 12.2. The molecule has 7 N–H and O–H groups in total. The number of nitrogen functional groups attached to an aromatic ring is 2. The Balaban J connectivity index is 0.000000978. The van der Waals surface area contributed by atoms with Gasteiger partial charge in [-0.2, -0.15) is 21.8 Å². The number of nitrogens with one attached hydrogen (secondary N) is 1. The Morgan fingerprint density at radius 1 is 0.909 bits per heavy atom. The van der Waals surface area contributed by atoms with Crippen LogP contribution >= 0.6 is 23.2 Å². The molecule has 1 heterocycles. The second-order valence-corrected chi connectivity index (χ2v) is 11.8. The lowest BCUT2D eigenvalue weighted by atomic mass is 10.0. The minimum absolute atomic E-state index is 0.00990. The van der Waals surface area contributed by atoms with Crippen LogP contribution < -0.4 is 21.5 Å². The van der Waals surface area contributed by atoms with Gasteiger partial charge in [0.2, 0.25) is 5.95 Å². The molecular formula is C26H24Cl2FN5O8S2. The molecule has 0 radical (unpaired) electrons. The minimum atomic E-state index is -4.81. The van der Waals surface area contributed by atoms with E-state index in [-0.39, 0.29) is 23.9 Å². The molecular weight excluding hydrogens is 664 g/mol. The molecule has 1 amide bonds. The molecule has 13 nitrogen and oxygen atoms in total. The highest BCUT2D eigenvalue weighted by atomic mass is 35.5. The van der Waals surface area contributed by atoms with E-state index >= 15 is 0 Å². The van der Waals surface area contributed by atoms with E-state index in [9.17, 15) is 17.1 Å².